The molecule has 0 aliphatic carbocycles. The maximum atomic E-state index is 13.2. The van der Waals surface area contributed by atoms with Crippen LogP contribution in [0.3, 0.4) is 0 Å². The van der Waals surface area contributed by atoms with E-state index in [0.717, 1.165) is 17.0 Å². The summed E-state index contributed by atoms with van der Waals surface area (Å²) in [5.41, 5.74) is 2.29. The smallest absolute Gasteiger partial charge is 0.266 e. The normalized spacial score (nSPS) is 11.0. The molecule has 0 aliphatic rings. The number of fused-ring (bicyclic) bond motifs is 1. The van der Waals surface area contributed by atoms with E-state index in [0.29, 0.717) is 22.6 Å². The fourth-order valence-electron chi connectivity index (χ4n) is 3.09. The van der Waals surface area contributed by atoms with Crippen LogP contribution in [0.2, 0.25) is 0 Å². The number of hydrogen-bond acceptors (Lipinski definition) is 5. The number of carbonyl (C=O) groups excluding carboxylic acids is 1. The van der Waals surface area contributed by atoms with Crippen molar-refractivity contribution in [3.8, 4) is 5.69 Å². The maximum absolute atomic E-state index is 13.2. The van der Waals surface area contributed by atoms with Crippen LogP contribution in [-0.2, 0) is 11.3 Å². The van der Waals surface area contributed by atoms with Crippen LogP contribution in [0.25, 0.3) is 16.6 Å². The summed E-state index contributed by atoms with van der Waals surface area (Å²) >= 11 is 1.25. The summed E-state index contributed by atoms with van der Waals surface area (Å²) in [5, 5.41) is 1.03. The molecule has 0 bridgehead atoms. The number of furan rings is 1. The van der Waals surface area contributed by atoms with Gasteiger partial charge in [-0.25, -0.2) is 4.98 Å². The van der Waals surface area contributed by atoms with Gasteiger partial charge in [0.25, 0.3) is 5.56 Å². The molecule has 0 radical (unpaired) electrons. The van der Waals surface area contributed by atoms with Gasteiger partial charge in [0.15, 0.2) is 5.16 Å². The van der Waals surface area contributed by atoms with Gasteiger partial charge in [-0.05, 0) is 43.3 Å². The number of benzene rings is 2. The van der Waals surface area contributed by atoms with Crippen LogP contribution in [0, 0.1) is 6.92 Å². The van der Waals surface area contributed by atoms with Crippen LogP contribution in [0.4, 0.5) is 0 Å². The zero-order valence-corrected chi connectivity index (χ0v) is 17.6. The number of thioether (sulfide) groups is 1. The largest absolute Gasteiger partial charge is 0.467 e. The Labute approximate surface area is 178 Å². The van der Waals surface area contributed by atoms with Crippen molar-refractivity contribution in [1.29, 1.82) is 0 Å². The van der Waals surface area contributed by atoms with Crippen LogP contribution in [0.15, 0.2) is 81.3 Å². The lowest BCUT2D eigenvalue weighted by Crippen LogP contribution is -2.28. The zero-order chi connectivity index (χ0) is 21.1. The number of para-hydroxylation sites is 1. The predicted octanol–water partition coefficient (Wildman–Crippen LogP) is 4.04. The molecule has 0 aliphatic heterocycles. The minimum absolute atomic E-state index is 0.0748. The fraction of sp³-hybridized carbons (Fsp3) is 0.174. The highest BCUT2D eigenvalue weighted by Crippen LogP contribution is 2.22. The molecule has 0 atom stereocenters. The Morgan fingerprint density at radius 1 is 1.10 bits per heavy atom. The average Bonchev–Trinajstić information content (AvgIpc) is 3.26. The van der Waals surface area contributed by atoms with Crippen molar-refractivity contribution >= 4 is 28.6 Å². The average molecular weight is 420 g/mol. The molecule has 0 unspecified atom stereocenters. The number of aryl methyl sites for hydroxylation is 1. The van der Waals surface area contributed by atoms with Gasteiger partial charge in [-0.2, -0.15) is 0 Å². The molecule has 0 saturated heterocycles. The lowest BCUT2D eigenvalue weighted by Gasteiger charge is -2.17. The molecule has 6 nitrogen and oxygen atoms in total. The van der Waals surface area contributed by atoms with Gasteiger partial charge in [0.05, 0.1) is 35.2 Å². The van der Waals surface area contributed by atoms with Gasteiger partial charge < -0.3 is 9.32 Å². The van der Waals surface area contributed by atoms with Gasteiger partial charge in [0.2, 0.25) is 5.91 Å². The predicted molar refractivity (Wildman–Crippen MR) is 118 cm³/mol. The third-order valence-electron chi connectivity index (χ3n) is 4.76. The Morgan fingerprint density at radius 2 is 1.87 bits per heavy atom. The summed E-state index contributed by atoms with van der Waals surface area (Å²) in [5.74, 6) is 0.805. The molecule has 2 heterocycles. The monoisotopic (exact) mass is 419 g/mol. The Bertz CT molecular complexity index is 1230. The Kier molecular flexibility index (Phi) is 5.72. The standard InChI is InChI=1S/C23H21N3O3S/c1-16-9-11-17(12-10-16)26-22(28)19-7-3-4-8-20(19)24-23(26)30-15-21(27)25(2)14-18-6-5-13-29-18/h3-13H,14-15H2,1-2H3. The SMILES string of the molecule is Cc1ccc(-n2c(SCC(=O)N(C)Cc3ccco3)nc3ccccc3c2=O)cc1. The van der Waals surface area contributed by atoms with E-state index in [4.69, 9.17) is 4.42 Å². The summed E-state index contributed by atoms with van der Waals surface area (Å²) in [4.78, 5) is 32.1. The maximum Gasteiger partial charge on any atom is 0.266 e. The molecule has 0 N–H and O–H groups in total. The molecule has 1 amide bonds. The third-order valence-corrected chi connectivity index (χ3v) is 5.68. The first-order valence-electron chi connectivity index (χ1n) is 9.51. The Balaban J connectivity index is 1.65. The van der Waals surface area contributed by atoms with Gasteiger partial charge in [-0.15, -0.1) is 0 Å². The molecule has 2 aromatic heterocycles. The van der Waals surface area contributed by atoms with Crippen LogP contribution in [-0.4, -0.2) is 33.2 Å². The highest BCUT2D eigenvalue weighted by molar-refractivity contribution is 7.99. The number of nitrogens with zero attached hydrogens (tertiary/aromatic N) is 3. The van der Waals surface area contributed by atoms with Crippen LogP contribution in [0.1, 0.15) is 11.3 Å². The minimum atomic E-state index is -0.150. The topological polar surface area (TPSA) is 68.3 Å². The lowest BCUT2D eigenvalue weighted by molar-refractivity contribution is -0.127. The number of rotatable bonds is 6. The highest BCUT2D eigenvalue weighted by Gasteiger charge is 2.17. The quantitative estimate of drug-likeness (QED) is 0.349. The zero-order valence-electron chi connectivity index (χ0n) is 16.7. The van der Waals surface area contributed by atoms with E-state index in [1.54, 1.807) is 34.9 Å². The van der Waals surface area contributed by atoms with Gasteiger partial charge in [-0.3, -0.25) is 14.2 Å². The first-order chi connectivity index (χ1) is 14.5. The number of hydrogen-bond donors (Lipinski definition) is 0. The summed E-state index contributed by atoms with van der Waals surface area (Å²) in [6.07, 6.45) is 1.58. The van der Waals surface area contributed by atoms with Crippen molar-refractivity contribution in [2.45, 2.75) is 18.6 Å². The van der Waals surface area contributed by atoms with Crippen molar-refractivity contribution in [3.05, 3.63) is 88.6 Å². The third kappa shape index (κ3) is 4.16. The van der Waals surface area contributed by atoms with Gasteiger partial charge >= 0.3 is 0 Å². The van der Waals surface area contributed by atoms with E-state index in [1.807, 2.05) is 55.5 Å². The molecule has 2 aromatic carbocycles. The number of amides is 1. The Hall–Kier alpha value is -3.32. The van der Waals surface area contributed by atoms with E-state index >= 15 is 0 Å². The second-order valence-corrected chi connectivity index (χ2v) is 7.95. The summed E-state index contributed by atoms with van der Waals surface area (Å²) in [6, 6.07) is 18.6. The first-order valence-corrected chi connectivity index (χ1v) is 10.5. The molecule has 0 saturated carbocycles. The van der Waals surface area contributed by atoms with Crippen molar-refractivity contribution in [1.82, 2.24) is 14.5 Å². The fourth-order valence-corrected chi connectivity index (χ4v) is 4.04. The molecule has 4 aromatic rings. The lowest BCUT2D eigenvalue weighted by atomic mass is 10.2. The van der Waals surface area contributed by atoms with Crippen molar-refractivity contribution < 1.29 is 9.21 Å². The molecule has 30 heavy (non-hydrogen) atoms. The highest BCUT2D eigenvalue weighted by atomic mass is 32.2. The van der Waals surface area contributed by atoms with Crippen molar-refractivity contribution in [2.75, 3.05) is 12.8 Å². The number of aromatic nitrogens is 2. The Morgan fingerprint density at radius 3 is 2.60 bits per heavy atom. The summed E-state index contributed by atoms with van der Waals surface area (Å²) < 4.78 is 6.88. The first kappa shape index (κ1) is 20.0. The van der Waals surface area contributed by atoms with Crippen LogP contribution in [0.5, 0.6) is 0 Å². The van der Waals surface area contributed by atoms with E-state index in [1.165, 1.54) is 11.8 Å². The molecular formula is C23H21N3O3S. The minimum Gasteiger partial charge on any atom is -0.467 e. The van der Waals surface area contributed by atoms with Crippen molar-refractivity contribution in [2.24, 2.45) is 0 Å². The van der Waals surface area contributed by atoms with Gasteiger partial charge in [0, 0.05) is 7.05 Å². The van der Waals surface area contributed by atoms with Crippen LogP contribution < -0.4 is 5.56 Å². The van der Waals surface area contributed by atoms with E-state index in [9.17, 15) is 9.59 Å². The van der Waals surface area contributed by atoms with Gasteiger partial charge in [0.1, 0.15) is 5.76 Å². The van der Waals surface area contributed by atoms with E-state index in [2.05, 4.69) is 4.98 Å². The second kappa shape index (κ2) is 8.59. The molecule has 4 rings (SSSR count). The van der Waals surface area contributed by atoms with Gasteiger partial charge in [-0.1, -0.05) is 41.6 Å². The summed E-state index contributed by atoms with van der Waals surface area (Å²) in [6.45, 7) is 2.39. The van der Waals surface area contributed by atoms with Crippen LogP contribution >= 0.6 is 11.8 Å². The molecule has 152 valence electrons. The van der Waals surface area contributed by atoms with E-state index < -0.39 is 0 Å². The number of carbonyl (C=O) groups is 1. The van der Waals surface area contributed by atoms with E-state index in [-0.39, 0.29) is 17.2 Å². The molecule has 7 heteroatoms. The molecule has 0 spiro atoms. The molecule has 0 fully saturated rings. The second-order valence-electron chi connectivity index (χ2n) is 7.01. The summed E-state index contributed by atoms with van der Waals surface area (Å²) in [7, 11) is 1.73. The van der Waals surface area contributed by atoms with Crippen molar-refractivity contribution in [3.63, 3.8) is 0 Å². The molecular weight excluding hydrogens is 398 g/mol.